The van der Waals surface area contributed by atoms with E-state index in [1.165, 1.54) is 0 Å². The Morgan fingerprint density at radius 1 is 1.19 bits per heavy atom. The van der Waals surface area contributed by atoms with Crippen molar-refractivity contribution in [2.24, 2.45) is 0 Å². The molecule has 0 aliphatic carbocycles. The third-order valence-corrected chi connectivity index (χ3v) is 3.34. The van der Waals surface area contributed by atoms with Crippen LogP contribution in [0.25, 0.3) is 0 Å². The Hall–Kier alpha value is -1.93. The molecule has 2 heteroatoms. The van der Waals surface area contributed by atoms with Gasteiger partial charge in [0.25, 0.3) is 0 Å². The minimum atomic E-state index is -0.339. The Morgan fingerprint density at radius 3 is 2.31 bits per heavy atom. The summed E-state index contributed by atoms with van der Waals surface area (Å²) in [5.41, 5.74) is 0.781. The van der Waals surface area contributed by atoms with E-state index in [9.17, 15) is 5.26 Å². The summed E-state index contributed by atoms with van der Waals surface area (Å²) in [7, 11) is 0. The molecule has 1 aliphatic rings. The van der Waals surface area contributed by atoms with Crippen LogP contribution in [-0.4, -0.2) is 18.0 Å². The summed E-state index contributed by atoms with van der Waals surface area (Å²) in [5, 5.41) is 9.43. The quantitative estimate of drug-likeness (QED) is 0.664. The highest BCUT2D eigenvalue weighted by molar-refractivity contribution is 5.33. The third-order valence-electron chi connectivity index (χ3n) is 3.34. The molecule has 0 aromatic heterocycles. The van der Waals surface area contributed by atoms with Crippen molar-refractivity contribution in [3.63, 3.8) is 0 Å². The van der Waals surface area contributed by atoms with E-state index in [2.05, 4.69) is 12.1 Å². The standard InChI is InChI=1S/C14H14N2/c1-2-16-10-8-14(12-15,9-11-16)13-6-4-3-5-7-13/h1,3-7H,8-11H2. The first kappa shape index (κ1) is 10.6. The zero-order chi connectivity index (χ0) is 11.4. The van der Waals surface area contributed by atoms with Crippen LogP contribution in [0.3, 0.4) is 0 Å². The van der Waals surface area contributed by atoms with Crippen molar-refractivity contribution in [1.29, 1.82) is 5.26 Å². The van der Waals surface area contributed by atoms with Gasteiger partial charge in [0, 0.05) is 19.1 Å². The molecule has 80 valence electrons. The molecular formula is C14H14N2. The van der Waals surface area contributed by atoms with E-state index in [4.69, 9.17) is 6.42 Å². The second-order valence-corrected chi connectivity index (χ2v) is 4.18. The van der Waals surface area contributed by atoms with Gasteiger partial charge in [0.2, 0.25) is 0 Å². The number of hydrogen-bond donors (Lipinski definition) is 0. The van der Waals surface area contributed by atoms with Gasteiger partial charge in [0.05, 0.1) is 11.5 Å². The molecule has 2 rings (SSSR count). The van der Waals surface area contributed by atoms with Crippen molar-refractivity contribution in [2.75, 3.05) is 13.1 Å². The average molecular weight is 210 g/mol. The van der Waals surface area contributed by atoms with Crippen molar-refractivity contribution in [3.8, 4) is 18.5 Å². The average Bonchev–Trinajstić information content (AvgIpc) is 2.40. The Balaban J connectivity index is 2.24. The number of terminal acetylenes is 1. The highest BCUT2D eigenvalue weighted by Crippen LogP contribution is 2.34. The maximum atomic E-state index is 9.43. The van der Waals surface area contributed by atoms with E-state index in [1.807, 2.05) is 35.2 Å². The van der Waals surface area contributed by atoms with Gasteiger partial charge < -0.3 is 4.90 Å². The number of hydrogen-bond acceptors (Lipinski definition) is 2. The van der Waals surface area contributed by atoms with Crippen LogP contribution in [-0.2, 0) is 5.41 Å². The number of nitriles is 1. The third kappa shape index (κ3) is 1.75. The van der Waals surface area contributed by atoms with E-state index >= 15 is 0 Å². The van der Waals surface area contributed by atoms with Gasteiger partial charge in [0.15, 0.2) is 0 Å². The van der Waals surface area contributed by atoms with Crippen LogP contribution in [0.1, 0.15) is 18.4 Å². The molecule has 0 unspecified atom stereocenters. The second-order valence-electron chi connectivity index (χ2n) is 4.18. The van der Waals surface area contributed by atoms with Gasteiger partial charge in [-0.05, 0) is 18.4 Å². The van der Waals surface area contributed by atoms with E-state index < -0.39 is 0 Å². The number of nitrogens with zero attached hydrogens (tertiary/aromatic N) is 2. The summed E-state index contributed by atoms with van der Waals surface area (Å²) in [6, 6.07) is 15.2. The lowest BCUT2D eigenvalue weighted by Crippen LogP contribution is -2.39. The fourth-order valence-electron chi connectivity index (χ4n) is 2.24. The van der Waals surface area contributed by atoms with E-state index in [0.29, 0.717) is 0 Å². The molecule has 1 saturated heterocycles. The van der Waals surface area contributed by atoms with Crippen molar-refractivity contribution >= 4 is 0 Å². The molecule has 0 spiro atoms. The van der Waals surface area contributed by atoms with Gasteiger partial charge in [-0.2, -0.15) is 5.26 Å². The predicted octanol–water partition coefficient (Wildman–Crippen LogP) is 2.13. The van der Waals surface area contributed by atoms with Crippen LogP contribution in [0.15, 0.2) is 30.3 Å². The molecule has 0 atom stereocenters. The first-order valence-electron chi connectivity index (χ1n) is 5.49. The van der Waals surface area contributed by atoms with Crippen molar-refractivity contribution in [3.05, 3.63) is 35.9 Å². The van der Waals surface area contributed by atoms with Gasteiger partial charge in [-0.3, -0.25) is 0 Å². The molecule has 0 saturated carbocycles. The van der Waals surface area contributed by atoms with Crippen LogP contribution in [0.4, 0.5) is 0 Å². The number of benzene rings is 1. The van der Waals surface area contributed by atoms with Crippen LogP contribution in [0, 0.1) is 23.8 Å². The fourth-order valence-corrected chi connectivity index (χ4v) is 2.24. The monoisotopic (exact) mass is 210 g/mol. The van der Waals surface area contributed by atoms with Gasteiger partial charge in [-0.15, -0.1) is 0 Å². The first-order chi connectivity index (χ1) is 7.80. The second kappa shape index (κ2) is 4.29. The molecule has 1 heterocycles. The molecule has 1 aliphatic heterocycles. The van der Waals surface area contributed by atoms with Crippen molar-refractivity contribution in [1.82, 2.24) is 4.90 Å². The van der Waals surface area contributed by atoms with Gasteiger partial charge >= 0.3 is 0 Å². The Kier molecular flexibility index (Phi) is 2.84. The van der Waals surface area contributed by atoms with Crippen molar-refractivity contribution in [2.45, 2.75) is 18.3 Å². The number of likely N-dealkylation sites (tertiary alicyclic amines) is 1. The Labute approximate surface area is 96.5 Å². The molecule has 0 bridgehead atoms. The normalized spacial score (nSPS) is 18.5. The molecule has 1 aromatic carbocycles. The lowest BCUT2D eigenvalue weighted by atomic mass is 9.74. The fraction of sp³-hybridized carbons (Fsp3) is 0.357. The molecule has 1 aromatic rings. The van der Waals surface area contributed by atoms with Crippen LogP contribution in [0.5, 0.6) is 0 Å². The summed E-state index contributed by atoms with van der Waals surface area (Å²) in [4.78, 5) is 1.94. The highest BCUT2D eigenvalue weighted by atomic mass is 15.1. The number of piperidine rings is 1. The van der Waals surface area contributed by atoms with Gasteiger partial charge in [-0.25, -0.2) is 0 Å². The smallest absolute Gasteiger partial charge is 0.0856 e. The largest absolute Gasteiger partial charge is 0.333 e. The zero-order valence-corrected chi connectivity index (χ0v) is 9.19. The van der Waals surface area contributed by atoms with Gasteiger partial charge in [0.1, 0.15) is 0 Å². The minimum Gasteiger partial charge on any atom is -0.333 e. The Morgan fingerprint density at radius 2 is 1.81 bits per heavy atom. The van der Waals surface area contributed by atoms with E-state index in [0.717, 1.165) is 31.5 Å². The molecule has 0 N–H and O–H groups in total. The summed E-state index contributed by atoms with van der Waals surface area (Å²) < 4.78 is 0. The van der Waals surface area contributed by atoms with Crippen LogP contribution < -0.4 is 0 Å². The zero-order valence-electron chi connectivity index (χ0n) is 9.19. The van der Waals surface area contributed by atoms with Crippen molar-refractivity contribution < 1.29 is 0 Å². The van der Waals surface area contributed by atoms with Gasteiger partial charge in [-0.1, -0.05) is 36.8 Å². The number of rotatable bonds is 1. The topological polar surface area (TPSA) is 27.0 Å². The lowest BCUT2D eigenvalue weighted by molar-refractivity contribution is 0.258. The molecule has 1 fully saturated rings. The Bertz CT molecular complexity index is 428. The molecular weight excluding hydrogens is 196 g/mol. The summed E-state index contributed by atoms with van der Waals surface area (Å²) in [6.07, 6.45) is 7.00. The van der Waals surface area contributed by atoms with Crippen LogP contribution >= 0.6 is 0 Å². The molecule has 0 amide bonds. The molecule has 2 nitrogen and oxygen atoms in total. The minimum absolute atomic E-state index is 0.339. The molecule has 16 heavy (non-hydrogen) atoms. The summed E-state index contributed by atoms with van der Waals surface area (Å²) in [6.45, 7) is 1.61. The summed E-state index contributed by atoms with van der Waals surface area (Å²) in [5.74, 6) is 0. The predicted molar refractivity (Wildman–Crippen MR) is 63.4 cm³/mol. The first-order valence-corrected chi connectivity index (χ1v) is 5.49. The van der Waals surface area contributed by atoms with Crippen LogP contribution in [0.2, 0.25) is 0 Å². The van der Waals surface area contributed by atoms with E-state index in [-0.39, 0.29) is 5.41 Å². The van der Waals surface area contributed by atoms with E-state index in [1.54, 1.807) is 0 Å². The maximum Gasteiger partial charge on any atom is 0.0856 e. The maximum absolute atomic E-state index is 9.43. The molecule has 0 radical (unpaired) electrons. The highest BCUT2D eigenvalue weighted by Gasteiger charge is 2.35. The SMILES string of the molecule is C#CN1CCC(C#N)(c2ccccc2)CC1. The lowest BCUT2D eigenvalue weighted by Gasteiger charge is -2.35. The summed E-state index contributed by atoms with van der Waals surface area (Å²) >= 11 is 0.